The molecule has 9 heteroatoms. The number of para-hydroxylation sites is 1. The Labute approximate surface area is 150 Å². The summed E-state index contributed by atoms with van der Waals surface area (Å²) in [5, 5.41) is 18.8. The number of ether oxygens (including phenoxy) is 3. The Morgan fingerprint density at radius 2 is 1.65 bits per heavy atom. The van der Waals surface area contributed by atoms with E-state index >= 15 is 0 Å². The van der Waals surface area contributed by atoms with Gasteiger partial charge in [-0.05, 0) is 28.6 Å². The largest absolute Gasteiger partial charge is 0.496 e. The van der Waals surface area contributed by atoms with Gasteiger partial charge in [0.1, 0.15) is 5.75 Å². The van der Waals surface area contributed by atoms with E-state index in [9.17, 15) is 0 Å². The lowest BCUT2D eigenvalue weighted by Gasteiger charge is -2.11. The van der Waals surface area contributed by atoms with E-state index < -0.39 is 0 Å². The van der Waals surface area contributed by atoms with E-state index in [1.165, 1.54) is 4.79 Å². The Hall–Kier alpha value is -3.62. The smallest absolute Gasteiger partial charge is 0.269 e. The molecule has 9 nitrogen and oxygen atoms in total. The quantitative estimate of drug-likeness (QED) is 0.651. The fraction of sp³-hybridized carbons (Fsp3) is 0.176. The number of nitrogens with one attached hydrogen (secondary N) is 1. The second-order valence-electron chi connectivity index (χ2n) is 5.08. The molecule has 0 saturated heterocycles. The lowest BCUT2D eigenvalue weighted by molar-refractivity contribution is 0.349. The van der Waals surface area contributed by atoms with Crippen LogP contribution in [0.2, 0.25) is 0 Å². The SMILES string of the molecule is COc1cc(OC)c(OC)cc1C=Nn1nnnc1Nc1ccccc1. The normalized spacial score (nSPS) is 10.7. The third kappa shape index (κ3) is 3.72. The van der Waals surface area contributed by atoms with Crippen molar-refractivity contribution in [2.45, 2.75) is 0 Å². The highest BCUT2D eigenvalue weighted by molar-refractivity contribution is 5.85. The molecule has 0 aliphatic heterocycles. The molecule has 134 valence electrons. The molecule has 0 spiro atoms. The minimum Gasteiger partial charge on any atom is -0.496 e. The highest BCUT2D eigenvalue weighted by Crippen LogP contribution is 2.33. The van der Waals surface area contributed by atoms with Gasteiger partial charge in [0.15, 0.2) is 11.5 Å². The highest BCUT2D eigenvalue weighted by Gasteiger charge is 2.11. The molecule has 3 rings (SSSR count). The maximum atomic E-state index is 5.38. The van der Waals surface area contributed by atoms with Gasteiger partial charge >= 0.3 is 0 Å². The van der Waals surface area contributed by atoms with Crippen LogP contribution in [0.3, 0.4) is 0 Å². The first kappa shape index (κ1) is 17.2. The van der Waals surface area contributed by atoms with Crippen LogP contribution in [0.4, 0.5) is 11.6 Å². The molecule has 0 bridgehead atoms. The molecule has 0 fully saturated rings. The number of rotatable bonds is 7. The molecule has 26 heavy (non-hydrogen) atoms. The molecule has 1 aromatic heterocycles. The van der Waals surface area contributed by atoms with E-state index in [4.69, 9.17) is 14.2 Å². The van der Waals surface area contributed by atoms with Gasteiger partial charge in [0.25, 0.3) is 5.95 Å². The maximum Gasteiger partial charge on any atom is 0.269 e. The fourth-order valence-electron chi connectivity index (χ4n) is 2.26. The molecule has 0 aliphatic carbocycles. The Bertz CT molecular complexity index is 895. The van der Waals surface area contributed by atoms with Crippen molar-refractivity contribution in [2.24, 2.45) is 5.10 Å². The van der Waals surface area contributed by atoms with Gasteiger partial charge in [0.05, 0.1) is 27.5 Å². The van der Waals surface area contributed by atoms with Crippen LogP contribution in [0.25, 0.3) is 0 Å². The standard InChI is InChI=1S/C17H18N6O3/c1-24-14-10-16(26-3)15(25-2)9-12(14)11-18-23-17(20-21-22-23)19-13-7-5-4-6-8-13/h4-11H,1-3H3,(H,19,20,22). The van der Waals surface area contributed by atoms with E-state index in [2.05, 4.69) is 25.9 Å². The molecule has 3 aromatic rings. The van der Waals surface area contributed by atoms with Gasteiger partial charge < -0.3 is 19.5 Å². The Balaban J connectivity index is 1.88. The lowest BCUT2D eigenvalue weighted by Crippen LogP contribution is -2.02. The predicted molar refractivity (Wildman–Crippen MR) is 96.6 cm³/mol. The zero-order valence-electron chi connectivity index (χ0n) is 14.6. The van der Waals surface area contributed by atoms with Crippen LogP contribution in [0.1, 0.15) is 5.56 Å². The number of tetrazole rings is 1. The zero-order chi connectivity index (χ0) is 18.4. The minimum absolute atomic E-state index is 0.381. The van der Waals surface area contributed by atoms with Gasteiger partial charge in [-0.2, -0.15) is 5.10 Å². The predicted octanol–water partition coefficient (Wildman–Crippen LogP) is 2.32. The summed E-state index contributed by atoms with van der Waals surface area (Å²) >= 11 is 0. The topological polar surface area (TPSA) is 95.7 Å². The Morgan fingerprint density at radius 3 is 2.35 bits per heavy atom. The van der Waals surface area contributed by atoms with E-state index in [1.54, 1.807) is 39.7 Å². The minimum atomic E-state index is 0.381. The van der Waals surface area contributed by atoms with Crippen molar-refractivity contribution in [2.75, 3.05) is 26.6 Å². The lowest BCUT2D eigenvalue weighted by atomic mass is 10.2. The van der Waals surface area contributed by atoms with Crippen LogP contribution in [0.15, 0.2) is 47.6 Å². The first-order valence-electron chi connectivity index (χ1n) is 7.70. The molecule has 1 heterocycles. The van der Waals surface area contributed by atoms with Gasteiger partial charge in [-0.1, -0.05) is 28.1 Å². The molecule has 0 amide bonds. The average molecular weight is 354 g/mol. The van der Waals surface area contributed by atoms with Crippen molar-refractivity contribution in [1.82, 2.24) is 20.3 Å². The summed E-state index contributed by atoms with van der Waals surface area (Å²) in [5.74, 6) is 2.09. The molecule has 0 aliphatic rings. The molecule has 1 N–H and O–H groups in total. The third-order valence-corrected chi connectivity index (χ3v) is 3.53. The van der Waals surface area contributed by atoms with E-state index in [0.29, 0.717) is 28.8 Å². The van der Waals surface area contributed by atoms with Gasteiger partial charge in [-0.15, -0.1) is 0 Å². The first-order valence-corrected chi connectivity index (χ1v) is 7.70. The summed E-state index contributed by atoms with van der Waals surface area (Å²) in [7, 11) is 4.69. The monoisotopic (exact) mass is 354 g/mol. The number of nitrogens with zero attached hydrogens (tertiary/aromatic N) is 5. The first-order chi connectivity index (χ1) is 12.7. The van der Waals surface area contributed by atoms with Crippen LogP contribution in [0, 0.1) is 0 Å². The van der Waals surface area contributed by atoms with Crippen molar-refractivity contribution >= 4 is 17.9 Å². The van der Waals surface area contributed by atoms with Gasteiger partial charge in [-0.25, -0.2) is 0 Å². The van der Waals surface area contributed by atoms with Crippen molar-refractivity contribution in [1.29, 1.82) is 0 Å². The Morgan fingerprint density at radius 1 is 0.962 bits per heavy atom. The average Bonchev–Trinajstić information content (AvgIpc) is 3.13. The van der Waals surface area contributed by atoms with Gasteiger partial charge in [-0.3, -0.25) is 0 Å². The van der Waals surface area contributed by atoms with Crippen molar-refractivity contribution < 1.29 is 14.2 Å². The summed E-state index contributed by atoms with van der Waals surface area (Å²) < 4.78 is 16.0. The van der Waals surface area contributed by atoms with Crippen LogP contribution in [-0.2, 0) is 0 Å². The number of hydrogen-bond donors (Lipinski definition) is 1. The second kappa shape index (κ2) is 7.97. The van der Waals surface area contributed by atoms with Crippen molar-refractivity contribution in [3.8, 4) is 17.2 Å². The van der Waals surface area contributed by atoms with Gasteiger partial charge in [0.2, 0.25) is 0 Å². The summed E-state index contributed by atoms with van der Waals surface area (Å²) in [6.07, 6.45) is 1.58. The summed E-state index contributed by atoms with van der Waals surface area (Å²) in [6.45, 7) is 0. The molecule has 0 atom stereocenters. The van der Waals surface area contributed by atoms with Crippen LogP contribution >= 0.6 is 0 Å². The molecule has 0 radical (unpaired) electrons. The van der Waals surface area contributed by atoms with Crippen LogP contribution in [-0.4, -0.2) is 47.9 Å². The van der Waals surface area contributed by atoms with Crippen LogP contribution < -0.4 is 19.5 Å². The molecule has 0 saturated carbocycles. The number of hydrogen-bond acceptors (Lipinski definition) is 8. The number of methoxy groups -OCH3 is 3. The maximum absolute atomic E-state index is 5.38. The van der Waals surface area contributed by atoms with Gasteiger partial charge in [0, 0.05) is 17.3 Å². The number of benzene rings is 2. The fourth-order valence-corrected chi connectivity index (χ4v) is 2.26. The van der Waals surface area contributed by atoms with E-state index in [0.717, 1.165) is 5.69 Å². The molecular formula is C17H18N6O3. The highest BCUT2D eigenvalue weighted by atomic mass is 16.5. The second-order valence-corrected chi connectivity index (χ2v) is 5.08. The zero-order valence-corrected chi connectivity index (χ0v) is 14.6. The molecule has 2 aromatic carbocycles. The van der Waals surface area contributed by atoms with Crippen molar-refractivity contribution in [3.63, 3.8) is 0 Å². The number of anilines is 2. The third-order valence-electron chi connectivity index (χ3n) is 3.53. The van der Waals surface area contributed by atoms with Crippen LogP contribution in [0.5, 0.6) is 17.2 Å². The summed E-state index contributed by atoms with van der Waals surface area (Å²) in [5.41, 5.74) is 1.54. The van der Waals surface area contributed by atoms with E-state index in [-0.39, 0.29) is 0 Å². The Kier molecular flexibility index (Phi) is 5.28. The number of aromatic nitrogens is 4. The summed E-state index contributed by atoms with van der Waals surface area (Å²) in [4.78, 5) is 1.28. The molecule has 0 unspecified atom stereocenters. The van der Waals surface area contributed by atoms with E-state index in [1.807, 2.05) is 30.3 Å². The van der Waals surface area contributed by atoms with Crippen molar-refractivity contribution in [3.05, 3.63) is 48.0 Å². The molecular weight excluding hydrogens is 336 g/mol. The summed E-state index contributed by atoms with van der Waals surface area (Å²) in [6, 6.07) is 13.0.